The van der Waals surface area contributed by atoms with E-state index < -0.39 is 0 Å². The molecule has 1 aromatic rings. The van der Waals surface area contributed by atoms with Gasteiger partial charge in [0.05, 0.1) is 0 Å². The fourth-order valence-electron chi connectivity index (χ4n) is 1.45. The number of aromatic nitrogens is 1. The average Bonchev–Trinajstić information content (AvgIpc) is 2.52. The number of halogens is 1. The number of aromatic amines is 1. The first-order chi connectivity index (χ1) is 6.49. The van der Waals surface area contributed by atoms with Crippen LogP contribution in [0.4, 0.5) is 0 Å². The monoisotopic (exact) mass is 256 g/mol. The van der Waals surface area contributed by atoms with Crippen molar-refractivity contribution in [3.63, 3.8) is 0 Å². The molecule has 0 aromatic carbocycles. The van der Waals surface area contributed by atoms with Crippen LogP contribution in [-0.4, -0.2) is 16.9 Å². The maximum atomic E-state index is 11.6. The Morgan fingerprint density at radius 3 is 2.79 bits per heavy atom. The van der Waals surface area contributed by atoms with Crippen LogP contribution in [0, 0.1) is 5.41 Å². The van der Waals surface area contributed by atoms with E-state index in [2.05, 4.69) is 40.1 Å². The van der Waals surface area contributed by atoms with Gasteiger partial charge in [0.15, 0.2) is 0 Å². The molecule has 1 unspecified atom stereocenters. The lowest BCUT2D eigenvalue weighted by Gasteiger charge is -2.04. The van der Waals surface area contributed by atoms with Gasteiger partial charge in [-0.1, -0.05) is 13.8 Å². The lowest BCUT2D eigenvalue weighted by Crippen LogP contribution is -2.28. The Labute approximate surface area is 91.4 Å². The van der Waals surface area contributed by atoms with Gasteiger partial charge in [0.2, 0.25) is 0 Å². The Bertz CT molecular complexity index is 370. The summed E-state index contributed by atoms with van der Waals surface area (Å²) in [6, 6.07) is 2.11. The molecule has 1 aliphatic rings. The zero-order chi connectivity index (χ0) is 10.3. The van der Waals surface area contributed by atoms with Crippen molar-refractivity contribution in [3.8, 4) is 0 Å². The number of amides is 1. The van der Waals surface area contributed by atoms with Crippen LogP contribution in [0.3, 0.4) is 0 Å². The van der Waals surface area contributed by atoms with Crippen LogP contribution in [0.15, 0.2) is 16.7 Å². The summed E-state index contributed by atoms with van der Waals surface area (Å²) in [4.78, 5) is 14.5. The van der Waals surface area contributed by atoms with Crippen LogP contribution >= 0.6 is 15.9 Å². The fraction of sp³-hybridized carbons (Fsp3) is 0.500. The van der Waals surface area contributed by atoms with Crippen LogP contribution in [0.25, 0.3) is 0 Å². The molecule has 0 spiro atoms. The zero-order valence-corrected chi connectivity index (χ0v) is 9.81. The molecule has 14 heavy (non-hydrogen) atoms. The van der Waals surface area contributed by atoms with Crippen molar-refractivity contribution in [1.82, 2.24) is 10.3 Å². The molecule has 1 aromatic heterocycles. The SMILES string of the molecule is CC1(C)CC1NC(=O)c1cc(Br)c[nH]1. The van der Waals surface area contributed by atoms with Gasteiger partial charge in [-0.15, -0.1) is 0 Å². The molecule has 1 amide bonds. The van der Waals surface area contributed by atoms with Crippen molar-refractivity contribution in [2.24, 2.45) is 5.41 Å². The van der Waals surface area contributed by atoms with E-state index in [1.54, 1.807) is 12.3 Å². The molecule has 1 saturated carbocycles. The predicted octanol–water partition coefficient (Wildman–Crippen LogP) is 2.31. The standard InChI is InChI=1S/C10H13BrN2O/c1-10(2)4-8(10)13-9(14)7-3-6(11)5-12-7/h3,5,8,12H,4H2,1-2H3,(H,13,14). The van der Waals surface area contributed by atoms with E-state index in [-0.39, 0.29) is 11.3 Å². The van der Waals surface area contributed by atoms with Gasteiger partial charge in [0, 0.05) is 16.7 Å². The molecular weight excluding hydrogens is 244 g/mol. The van der Waals surface area contributed by atoms with Gasteiger partial charge in [0.25, 0.3) is 5.91 Å². The lowest BCUT2D eigenvalue weighted by molar-refractivity contribution is 0.0942. The van der Waals surface area contributed by atoms with Crippen molar-refractivity contribution in [2.45, 2.75) is 26.3 Å². The summed E-state index contributed by atoms with van der Waals surface area (Å²) in [5.41, 5.74) is 0.888. The summed E-state index contributed by atoms with van der Waals surface area (Å²) in [6.07, 6.45) is 2.83. The van der Waals surface area contributed by atoms with Gasteiger partial charge in [-0.25, -0.2) is 0 Å². The molecule has 1 fully saturated rings. The molecule has 1 atom stereocenters. The molecular formula is C10H13BrN2O. The highest BCUT2D eigenvalue weighted by Gasteiger charge is 2.46. The molecule has 2 N–H and O–H groups in total. The molecule has 4 heteroatoms. The van der Waals surface area contributed by atoms with Crippen LogP contribution in [0.2, 0.25) is 0 Å². The molecule has 2 rings (SSSR count). The minimum Gasteiger partial charge on any atom is -0.356 e. The quantitative estimate of drug-likeness (QED) is 0.838. The normalized spacial score (nSPS) is 23.2. The predicted molar refractivity (Wildman–Crippen MR) is 58.1 cm³/mol. The van der Waals surface area contributed by atoms with E-state index in [4.69, 9.17) is 0 Å². The van der Waals surface area contributed by atoms with Crippen LogP contribution in [-0.2, 0) is 0 Å². The van der Waals surface area contributed by atoms with Crippen molar-refractivity contribution < 1.29 is 4.79 Å². The Hall–Kier alpha value is -0.770. The fourth-order valence-corrected chi connectivity index (χ4v) is 1.79. The van der Waals surface area contributed by atoms with Crippen LogP contribution in [0.1, 0.15) is 30.8 Å². The maximum absolute atomic E-state index is 11.6. The zero-order valence-electron chi connectivity index (χ0n) is 8.23. The second-order valence-electron chi connectivity index (χ2n) is 4.45. The second-order valence-corrected chi connectivity index (χ2v) is 5.37. The third-order valence-electron chi connectivity index (χ3n) is 2.71. The molecule has 1 aliphatic carbocycles. The number of carbonyl (C=O) groups excluding carboxylic acids is 1. The Kier molecular flexibility index (Phi) is 2.18. The number of nitrogens with one attached hydrogen (secondary N) is 2. The molecule has 3 nitrogen and oxygen atoms in total. The molecule has 0 bridgehead atoms. The molecule has 1 heterocycles. The highest BCUT2D eigenvalue weighted by molar-refractivity contribution is 9.10. The average molecular weight is 257 g/mol. The van der Waals surface area contributed by atoms with E-state index in [0.29, 0.717) is 11.7 Å². The summed E-state index contributed by atoms with van der Waals surface area (Å²) in [5, 5.41) is 2.98. The summed E-state index contributed by atoms with van der Waals surface area (Å²) < 4.78 is 0.901. The second kappa shape index (κ2) is 3.12. The minimum atomic E-state index is -0.0220. The number of rotatable bonds is 2. The van der Waals surface area contributed by atoms with Crippen molar-refractivity contribution in [3.05, 3.63) is 22.4 Å². The molecule has 76 valence electrons. The topological polar surface area (TPSA) is 44.9 Å². The van der Waals surface area contributed by atoms with E-state index in [0.717, 1.165) is 10.9 Å². The van der Waals surface area contributed by atoms with Crippen LogP contribution in [0.5, 0.6) is 0 Å². The summed E-state index contributed by atoms with van der Waals surface area (Å²) in [6.45, 7) is 4.31. The Balaban J connectivity index is 1.97. The number of hydrogen-bond donors (Lipinski definition) is 2. The van der Waals surface area contributed by atoms with Gasteiger partial charge in [-0.2, -0.15) is 0 Å². The highest BCUT2D eigenvalue weighted by Crippen LogP contribution is 2.44. The van der Waals surface area contributed by atoms with E-state index in [1.165, 1.54) is 0 Å². The van der Waals surface area contributed by atoms with Crippen molar-refractivity contribution in [1.29, 1.82) is 0 Å². The van der Waals surface area contributed by atoms with Gasteiger partial charge >= 0.3 is 0 Å². The Morgan fingerprint density at radius 1 is 1.71 bits per heavy atom. The Morgan fingerprint density at radius 2 is 2.36 bits per heavy atom. The first-order valence-electron chi connectivity index (χ1n) is 4.64. The van der Waals surface area contributed by atoms with Gasteiger partial charge in [-0.3, -0.25) is 4.79 Å². The van der Waals surface area contributed by atoms with Gasteiger partial charge in [0.1, 0.15) is 5.69 Å². The largest absolute Gasteiger partial charge is 0.356 e. The molecule has 0 radical (unpaired) electrons. The summed E-state index contributed by atoms with van der Waals surface area (Å²) >= 11 is 3.29. The maximum Gasteiger partial charge on any atom is 0.267 e. The lowest BCUT2D eigenvalue weighted by atomic mass is 10.2. The number of H-pyrrole nitrogens is 1. The summed E-state index contributed by atoms with van der Waals surface area (Å²) in [5.74, 6) is -0.0220. The van der Waals surface area contributed by atoms with E-state index in [9.17, 15) is 4.79 Å². The first kappa shape index (κ1) is 9.77. The third-order valence-corrected chi connectivity index (χ3v) is 3.17. The molecule has 0 aliphatic heterocycles. The smallest absolute Gasteiger partial charge is 0.267 e. The van der Waals surface area contributed by atoms with Crippen molar-refractivity contribution in [2.75, 3.05) is 0 Å². The highest BCUT2D eigenvalue weighted by atomic mass is 79.9. The van der Waals surface area contributed by atoms with Gasteiger partial charge < -0.3 is 10.3 Å². The first-order valence-corrected chi connectivity index (χ1v) is 5.43. The molecule has 0 saturated heterocycles. The summed E-state index contributed by atoms with van der Waals surface area (Å²) in [7, 11) is 0. The van der Waals surface area contributed by atoms with E-state index in [1.807, 2.05) is 0 Å². The van der Waals surface area contributed by atoms with E-state index >= 15 is 0 Å². The van der Waals surface area contributed by atoms with Crippen LogP contribution < -0.4 is 5.32 Å². The number of hydrogen-bond acceptors (Lipinski definition) is 1. The minimum absolute atomic E-state index is 0.0220. The number of carbonyl (C=O) groups is 1. The van der Waals surface area contributed by atoms with Gasteiger partial charge in [-0.05, 0) is 33.8 Å². The third kappa shape index (κ3) is 1.85. The van der Waals surface area contributed by atoms with Crippen molar-refractivity contribution >= 4 is 21.8 Å².